The molecule has 1 aliphatic rings. The normalized spacial score (nSPS) is 15.5. The Morgan fingerprint density at radius 2 is 2.23 bits per heavy atom. The van der Waals surface area contributed by atoms with Crippen LogP contribution in [-0.2, 0) is 0 Å². The highest BCUT2D eigenvalue weighted by Crippen LogP contribution is 2.24. The molecule has 0 spiro atoms. The molecule has 0 aromatic heterocycles. The van der Waals surface area contributed by atoms with Gasteiger partial charge in [-0.1, -0.05) is 6.07 Å². The van der Waals surface area contributed by atoms with E-state index in [4.69, 9.17) is 4.74 Å². The minimum Gasteiger partial charge on any atom is -0.508 e. The number of allylic oxidation sites excluding steroid dienone is 2. The number of rotatable bonds is 2. The number of ether oxygens (including phenoxy) is 1. The first-order chi connectivity index (χ1) is 6.34. The molecule has 0 radical (unpaired) electrons. The van der Waals surface area contributed by atoms with E-state index in [1.54, 1.807) is 18.2 Å². The molecule has 68 valence electrons. The number of phenols is 1. The molecule has 0 fully saturated rings. The maximum atomic E-state index is 9.19. The van der Waals surface area contributed by atoms with Crippen molar-refractivity contribution in [3.8, 4) is 11.5 Å². The highest BCUT2D eigenvalue weighted by molar-refractivity contribution is 5.33. The van der Waals surface area contributed by atoms with Gasteiger partial charge < -0.3 is 9.84 Å². The van der Waals surface area contributed by atoms with Crippen LogP contribution in [0.15, 0.2) is 36.1 Å². The lowest BCUT2D eigenvalue weighted by Crippen LogP contribution is -1.90. The number of hydrogen-bond acceptors (Lipinski definition) is 2. The van der Waals surface area contributed by atoms with Crippen molar-refractivity contribution >= 4 is 0 Å². The third-order valence-corrected chi connectivity index (χ3v) is 2.07. The maximum Gasteiger partial charge on any atom is 0.130 e. The molecule has 1 aromatic rings. The zero-order valence-corrected chi connectivity index (χ0v) is 7.36. The second kappa shape index (κ2) is 3.52. The molecule has 0 saturated heterocycles. The predicted molar refractivity (Wildman–Crippen MR) is 50.7 cm³/mol. The quantitative estimate of drug-likeness (QED) is 0.750. The summed E-state index contributed by atoms with van der Waals surface area (Å²) in [7, 11) is 0. The monoisotopic (exact) mass is 176 g/mol. The Morgan fingerprint density at radius 1 is 1.31 bits per heavy atom. The van der Waals surface area contributed by atoms with Gasteiger partial charge in [-0.2, -0.15) is 0 Å². The molecule has 0 saturated carbocycles. The Morgan fingerprint density at radius 3 is 2.92 bits per heavy atom. The van der Waals surface area contributed by atoms with Gasteiger partial charge in [-0.15, -0.1) is 0 Å². The Balaban J connectivity index is 2.09. The van der Waals surface area contributed by atoms with E-state index < -0.39 is 0 Å². The molecular weight excluding hydrogens is 164 g/mol. The summed E-state index contributed by atoms with van der Waals surface area (Å²) in [6.07, 6.45) is 5.39. The lowest BCUT2D eigenvalue weighted by atomic mass is 10.3. The van der Waals surface area contributed by atoms with Crippen molar-refractivity contribution in [3.05, 3.63) is 36.1 Å². The van der Waals surface area contributed by atoms with Crippen LogP contribution < -0.4 is 4.74 Å². The molecular formula is C11H12O2. The molecule has 0 bridgehead atoms. The lowest BCUT2D eigenvalue weighted by Gasteiger charge is -2.05. The first-order valence-electron chi connectivity index (χ1n) is 4.50. The summed E-state index contributed by atoms with van der Waals surface area (Å²) >= 11 is 0. The zero-order valence-electron chi connectivity index (χ0n) is 7.36. The van der Waals surface area contributed by atoms with Gasteiger partial charge in [-0.3, -0.25) is 0 Å². The van der Waals surface area contributed by atoms with Crippen molar-refractivity contribution < 1.29 is 9.84 Å². The lowest BCUT2D eigenvalue weighted by molar-refractivity contribution is 0.405. The fourth-order valence-electron chi connectivity index (χ4n) is 1.43. The first kappa shape index (κ1) is 8.17. The van der Waals surface area contributed by atoms with Crippen LogP contribution in [0.25, 0.3) is 0 Å². The number of benzene rings is 1. The van der Waals surface area contributed by atoms with Gasteiger partial charge in [0.2, 0.25) is 0 Å². The van der Waals surface area contributed by atoms with Crippen molar-refractivity contribution in [1.29, 1.82) is 0 Å². The molecule has 1 aliphatic carbocycles. The van der Waals surface area contributed by atoms with Crippen LogP contribution in [0.1, 0.15) is 19.3 Å². The number of phenolic OH excluding ortho intramolecular Hbond substituents is 1. The van der Waals surface area contributed by atoms with E-state index in [9.17, 15) is 5.11 Å². The number of aromatic hydroxyl groups is 1. The largest absolute Gasteiger partial charge is 0.508 e. The van der Waals surface area contributed by atoms with Gasteiger partial charge in [0.05, 0.1) is 0 Å². The highest BCUT2D eigenvalue weighted by Gasteiger charge is 2.06. The molecule has 2 rings (SSSR count). The summed E-state index contributed by atoms with van der Waals surface area (Å²) in [6.45, 7) is 0. The predicted octanol–water partition coefficient (Wildman–Crippen LogP) is 2.84. The standard InChI is InChI=1S/C11H12O2/c12-9-4-3-7-11(8-9)13-10-5-1-2-6-10/h3-5,7-8,12H,1-2,6H2. The van der Waals surface area contributed by atoms with Crippen LogP contribution in [0.3, 0.4) is 0 Å². The summed E-state index contributed by atoms with van der Waals surface area (Å²) in [5.41, 5.74) is 0. The fraction of sp³-hybridized carbons (Fsp3) is 0.273. The smallest absolute Gasteiger partial charge is 0.130 e. The van der Waals surface area contributed by atoms with Gasteiger partial charge in [0, 0.05) is 12.5 Å². The van der Waals surface area contributed by atoms with Crippen LogP contribution in [0.5, 0.6) is 11.5 Å². The van der Waals surface area contributed by atoms with Gasteiger partial charge >= 0.3 is 0 Å². The molecule has 1 N–H and O–H groups in total. The van der Waals surface area contributed by atoms with Crippen LogP contribution in [0.4, 0.5) is 0 Å². The van der Waals surface area contributed by atoms with Crippen LogP contribution in [0, 0.1) is 0 Å². The number of hydrogen-bond donors (Lipinski definition) is 1. The molecule has 0 aliphatic heterocycles. The van der Waals surface area contributed by atoms with Crippen molar-refractivity contribution in [2.24, 2.45) is 0 Å². The Hall–Kier alpha value is -1.44. The van der Waals surface area contributed by atoms with E-state index in [0.717, 1.165) is 18.6 Å². The van der Waals surface area contributed by atoms with E-state index in [-0.39, 0.29) is 5.75 Å². The summed E-state index contributed by atoms with van der Waals surface area (Å²) in [5, 5.41) is 9.19. The van der Waals surface area contributed by atoms with Gasteiger partial charge in [0.1, 0.15) is 17.3 Å². The fourth-order valence-corrected chi connectivity index (χ4v) is 1.43. The third kappa shape index (κ3) is 2.02. The Kier molecular flexibility index (Phi) is 2.21. The first-order valence-corrected chi connectivity index (χ1v) is 4.50. The third-order valence-electron chi connectivity index (χ3n) is 2.07. The topological polar surface area (TPSA) is 29.5 Å². The van der Waals surface area contributed by atoms with Gasteiger partial charge in [-0.05, 0) is 31.1 Å². The molecule has 2 nitrogen and oxygen atoms in total. The second-order valence-corrected chi connectivity index (χ2v) is 3.16. The Labute approximate surface area is 77.5 Å². The minimum absolute atomic E-state index is 0.246. The average molecular weight is 176 g/mol. The minimum atomic E-state index is 0.246. The summed E-state index contributed by atoms with van der Waals surface area (Å²) in [4.78, 5) is 0. The summed E-state index contributed by atoms with van der Waals surface area (Å²) in [6, 6.07) is 6.88. The summed E-state index contributed by atoms with van der Waals surface area (Å²) < 4.78 is 5.56. The Bertz CT molecular complexity index is 329. The van der Waals surface area contributed by atoms with E-state index in [1.807, 2.05) is 6.07 Å². The molecule has 13 heavy (non-hydrogen) atoms. The van der Waals surface area contributed by atoms with Gasteiger partial charge in [0.15, 0.2) is 0 Å². The molecule has 0 heterocycles. The average Bonchev–Trinajstić information content (AvgIpc) is 2.57. The van der Waals surface area contributed by atoms with Crippen LogP contribution >= 0.6 is 0 Å². The summed E-state index contributed by atoms with van der Waals surface area (Å²) in [5.74, 6) is 1.98. The van der Waals surface area contributed by atoms with Gasteiger partial charge in [-0.25, -0.2) is 0 Å². The van der Waals surface area contributed by atoms with E-state index in [2.05, 4.69) is 6.08 Å². The molecule has 2 heteroatoms. The van der Waals surface area contributed by atoms with Crippen molar-refractivity contribution in [3.63, 3.8) is 0 Å². The molecule has 0 amide bonds. The molecule has 0 unspecified atom stereocenters. The second-order valence-electron chi connectivity index (χ2n) is 3.16. The molecule has 0 atom stereocenters. The van der Waals surface area contributed by atoms with Crippen molar-refractivity contribution in [1.82, 2.24) is 0 Å². The molecule has 1 aromatic carbocycles. The van der Waals surface area contributed by atoms with Crippen molar-refractivity contribution in [2.45, 2.75) is 19.3 Å². The maximum absolute atomic E-state index is 9.19. The highest BCUT2D eigenvalue weighted by atomic mass is 16.5. The van der Waals surface area contributed by atoms with E-state index in [1.165, 1.54) is 6.42 Å². The SMILES string of the molecule is Oc1cccc(OC2=CCCC2)c1. The van der Waals surface area contributed by atoms with E-state index >= 15 is 0 Å². The van der Waals surface area contributed by atoms with Crippen LogP contribution in [-0.4, -0.2) is 5.11 Å². The zero-order chi connectivity index (χ0) is 9.10. The van der Waals surface area contributed by atoms with Crippen molar-refractivity contribution in [2.75, 3.05) is 0 Å². The van der Waals surface area contributed by atoms with Crippen LogP contribution in [0.2, 0.25) is 0 Å². The van der Waals surface area contributed by atoms with E-state index in [0.29, 0.717) is 5.75 Å². The van der Waals surface area contributed by atoms with Gasteiger partial charge in [0.25, 0.3) is 0 Å².